The largest absolute Gasteiger partial charge is 0.497 e. The fourth-order valence-electron chi connectivity index (χ4n) is 2.51. The van der Waals surface area contributed by atoms with E-state index in [4.69, 9.17) is 4.74 Å². The van der Waals surface area contributed by atoms with Crippen molar-refractivity contribution < 1.29 is 22.7 Å². The normalized spacial score (nSPS) is 16.6. The Balaban J connectivity index is 2.41. The third-order valence-electron chi connectivity index (χ3n) is 3.52. The molecule has 1 fully saturated rings. The van der Waals surface area contributed by atoms with Crippen molar-refractivity contribution in [3.8, 4) is 5.75 Å². The second-order valence-electron chi connectivity index (χ2n) is 4.75. The summed E-state index contributed by atoms with van der Waals surface area (Å²) >= 11 is 0. The summed E-state index contributed by atoms with van der Waals surface area (Å²) in [6.45, 7) is 0. The van der Waals surface area contributed by atoms with Gasteiger partial charge in [0.2, 0.25) is 0 Å². The number of alkyl halides is 3. The fraction of sp³-hybridized carbons (Fsp3) is 0.500. The minimum absolute atomic E-state index is 0.107. The number of benzene rings is 1. The minimum atomic E-state index is -4.54. The molecule has 0 spiro atoms. The van der Waals surface area contributed by atoms with E-state index < -0.39 is 17.5 Å². The zero-order valence-corrected chi connectivity index (χ0v) is 10.6. The van der Waals surface area contributed by atoms with Gasteiger partial charge in [0, 0.05) is 11.5 Å². The molecule has 2 nitrogen and oxygen atoms in total. The molecule has 104 valence electrons. The van der Waals surface area contributed by atoms with E-state index in [0.29, 0.717) is 12.8 Å². The molecule has 0 heterocycles. The number of rotatable bonds is 3. The lowest BCUT2D eigenvalue weighted by molar-refractivity contribution is -0.138. The van der Waals surface area contributed by atoms with Gasteiger partial charge in [-0.05, 0) is 31.0 Å². The average molecular weight is 272 g/mol. The Morgan fingerprint density at radius 3 is 2.42 bits per heavy atom. The first-order valence-corrected chi connectivity index (χ1v) is 6.23. The van der Waals surface area contributed by atoms with Crippen molar-refractivity contribution in [1.29, 1.82) is 0 Å². The van der Waals surface area contributed by atoms with E-state index in [9.17, 15) is 18.0 Å². The lowest BCUT2D eigenvalue weighted by Crippen LogP contribution is -2.18. The Morgan fingerprint density at radius 1 is 1.26 bits per heavy atom. The first-order chi connectivity index (χ1) is 8.93. The summed E-state index contributed by atoms with van der Waals surface area (Å²) in [6.07, 6.45) is -1.36. The van der Waals surface area contributed by atoms with Crippen molar-refractivity contribution in [3.63, 3.8) is 0 Å². The molecule has 0 radical (unpaired) electrons. The molecule has 0 saturated heterocycles. The van der Waals surface area contributed by atoms with E-state index in [1.165, 1.54) is 19.2 Å². The molecular formula is C14H15F3O2. The Labute approximate surface area is 109 Å². The molecule has 1 saturated carbocycles. The van der Waals surface area contributed by atoms with E-state index in [-0.39, 0.29) is 17.2 Å². The molecule has 0 aliphatic heterocycles. The van der Waals surface area contributed by atoms with Crippen LogP contribution in [0.1, 0.15) is 41.6 Å². The van der Waals surface area contributed by atoms with Crippen LogP contribution in [0.5, 0.6) is 5.75 Å². The molecule has 1 aliphatic carbocycles. The highest BCUT2D eigenvalue weighted by molar-refractivity contribution is 5.99. The summed E-state index contributed by atoms with van der Waals surface area (Å²) in [5, 5.41) is 0. The van der Waals surface area contributed by atoms with Gasteiger partial charge in [-0.2, -0.15) is 13.2 Å². The van der Waals surface area contributed by atoms with Crippen LogP contribution in [-0.4, -0.2) is 12.9 Å². The number of hydrogen-bond donors (Lipinski definition) is 0. The molecule has 1 aromatic carbocycles. The average Bonchev–Trinajstić information content (AvgIpc) is 2.90. The monoisotopic (exact) mass is 272 g/mol. The molecule has 0 unspecified atom stereocenters. The van der Waals surface area contributed by atoms with Crippen molar-refractivity contribution in [1.82, 2.24) is 0 Å². The quantitative estimate of drug-likeness (QED) is 0.775. The van der Waals surface area contributed by atoms with Crippen LogP contribution in [0.4, 0.5) is 13.2 Å². The Bertz CT molecular complexity index is 474. The van der Waals surface area contributed by atoms with Crippen LogP contribution in [0, 0.1) is 5.92 Å². The zero-order chi connectivity index (χ0) is 14.0. The molecule has 1 aliphatic rings. The third-order valence-corrected chi connectivity index (χ3v) is 3.52. The molecule has 0 amide bonds. The summed E-state index contributed by atoms with van der Waals surface area (Å²) in [4.78, 5) is 12.2. The van der Waals surface area contributed by atoms with Gasteiger partial charge < -0.3 is 4.74 Å². The maximum atomic E-state index is 13.0. The second kappa shape index (κ2) is 5.23. The van der Waals surface area contributed by atoms with Crippen LogP contribution in [-0.2, 0) is 6.18 Å². The van der Waals surface area contributed by atoms with Gasteiger partial charge >= 0.3 is 6.18 Å². The summed E-state index contributed by atoms with van der Waals surface area (Å²) in [7, 11) is 1.30. The minimum Gasteiger partial charge on any atom is -0.497 e. The third kappa shape index (κ3) is 2.91. The van der Waals surface area contributed by atoms with Crippen molar-refractivity contribution in [2.75, 3.05) is 7.11 Å². The number of ketones is 1. The number of ether oxygens (including phenoxy) is 1. The molecule has 2 rings (SSSR count). The molecule has 0 N–H and O–H groups in total. The first kappa shape index (κ1) is 13.9. The smallest absolute Gasteiger partial charge is 0.417 e. The maximum absolute atomic E-state index is 13.0. The van der Waals surface area contributed by atoms with Crippen LogP contribution in [0.3, 0.4) is 0 Å². The summed E-state index contributed by atoms with van der Waals surface area (Å²) in [6, 6.07) is 3.52. The molecule has 5 heteroatoms. The predicted octanol–water partition coefficient (Wildman–Crippen LogP) is 4.09. The molecule has 0 atom stereocenters. The fourth-order valence-corrected chi connectivity index (χ4v) is 2.51. The van der Waals surface area contributed by atoms with E-state index in [0.717, 1.165) is 18.9 Å². The number of carbonyl (C=O) groups is 1. The molecule has 0 bridgehead atoms. The SMILES string of the molecule is COc1ccc(C(=O)C2CCCC2)c(C(F)(F)F)c1. The van der Waals surface area contributed by atoms with Gasteiger partial charge in [0.15, 0.2) is 5.78 Å². The van der Waals surface area contributed by atoms with Gasteiger partial charge in [-0.3, -0.25) is 4.79 Å². The van der Waals surface area contributed by atoms with E-state index in [1.807, 2.05) is 0 Å². The van der Waals surface area contributed by atoms with Crippen LogP contribution in [0.15, 0.2) is 18.2 Å². The molecular weight excluding hydrogens is 257 g/mol. The van der Waals surface area contributed by atoms with Gasteiger partial charge in [0.05, 0.1) is 12.7 Å². The Kier molecular flexibility index (Phi) is 3.83. The van der Waals surface area contributed by atoms with Gasteiger partial charge in [-0.15, -0.1) is 0 Å². The Hall–Kier alpha value is -1.52. The standard InChI is InChI=1S/C14H15F3O2/c1-19-10-6-7-11(12(8-10)14(15,16)17)13(18)9-4-2-3-5-9/h6-9H,2-5H2,1H3. The van der Waals surface area contributed by atoms with Crippen LogP contribution >= 0.6 is 0 Å². The van der Waals surface area contributed by atoms with Crippen molar-refractivity contribution in [2.24, 2.45) is 5.92 Å². The zero-order valence-electron chi connectivity index (χ0n) is 10.6. The first-order valence-electron chi connectivity index (χ1n) is 6.23. The highest BCUT2D eigenvalue weighted by Gasteiger charge is 2.37. The lowest BCUT2D eigenvalue weighted by atomic mass is 9.92. The summed E-state index contributed by atoms with van der Waals surface area (Å²) in [5.74, 6) is -0.558. The lowest BCUT2D eigenvalue weighted by Gasteiger charge is -2.16. The van der Waals surface area contributed by atoms with Gasteiger partial charge in [-0.25, -0.2) is 0 Å². The molecule has 1 aromatic rings. The number of Topliss-reactive ketones (excluding diaryl/α,β-unsaturated/α-hetero) is 1. The van der Waals surface area contributed by atoms with Gasteiger partial charge in [0.1, 0.15) is 5.75 Å². The van der Waals surface area contributed by atoms with Crippen LogP contribution in [0.2, 0.25) is 0 Å². The van der Waals surface area contributed by atoms with Crippen molar-refractivity contribution in [2.45, 2.75) is 31.9 Å². The number of hydrogen-bond acceptors (Lipinski definition) is 2. The van der Waals surface area contributed by atoms with Gasteiger partial charge in [0.25, 0.3) is 0 Å². The van der Waals surface area contributed by atoms with E-state index in [2.05, 4.69) is 0 Å². The number of carbonyl (C=O) groups excluding carboxylic acids is 1. The Morgan fingerprint density at radius 2 is 1.89 bits per heavy atom. The summed E-state index contributed by atoms with van der Waals surface area (Å²) in [5.41, 5.74) is -1.14. The predicted molar refractivity (Wildman–Crippen MR) is 64.3 cm³/mol. The van der Waals surface area contributed by atoms with Gasteiger partial charge in [-0.1, -0.05) is 12.8 Å². The number of methoxy groups -OCH3 is 1. The van der Waals surface area contributed by atoms with Crippen LogP contribution < -0.4 is 4.74 Å². The van der Waals surface area contributed by atoms with Crippen molar-refractivity contribution >= 4 is 5.78 Å². The molecule has 0 aromatic heterocycles. The number of halogens is 3. The van der Waals surface area contributed by atoms with Crippen molar-refractivity contribution in [3.05, 3.63) is 29.3 Å². The topological polar surface area (TPSA) is 26.3 Å². The maximum Gasteiger partial charge on any atom is 0.417 e. The molecule has 19 heavy (non-hydrogen) atoms. The highest BCUT2D eigenvalue weighted by atomic mass is 19.4. The van der Waals surface area contributed by atoms with E-state index >= 15 is 0 Å². The second-order valence-corrected chi connectivity index (χ2v) is 4.75. The van der Waals surface area contributed by atoms with Crippen LogP contribution in [0.25, 0.3) is 0 Å². The van der Waals surface area contributed by atoms with E-state index in [1.54, 1.807) is 0 Å². The highest BCUT2D eigenvalue weighted by Crippen LogP contribution is 2.37. The summed E-state index contributed by atoms with van der Waals surface area (Å²) < 4.78 is 43.8.